The van der Waals surface area contributed by atoms with Crippen LogP contribution in [0.1, 0.15) is 39.2 Å². The number of amides is 1. The molecule has 41 heavy (non-hydrogen) atoms. The van der Waals surface area contributed by atoms with Gasteiger partial charge in [-0.3, -0.25) is 4.79 Å². The summed E-state index contributed by atoms with van der Waals surface area (Å²) in [7, 11) is 0. The molecule has 1 aliphatic carbocycles. The van der Waals surface area contributed by atoms with Gasteiger partial charge in [0.25, 0.3) is 0 Å². The van der Waals surface area contributed by atoms with E-state index in [1.165, 1.54) is 16.8 Å². The van der Waals surface area contributed by atoms with Gasteiger partial charge in [-0.2, -0.15) is 0 Å². The Balaban J connectivity index is 1.16. The standard InChI is InChI=1S/C35H34N2O4/c1-22-23(2)37(20-24-11-13-26(14-12-24)29-8-4-5-9-30(29)35(39)40)32-16-15-28(18-31(22)32)34(38)36-19-25-17-27-7-3-6-10-33(27)41-21-25/h3-14,16,18,25,28H,15,17,19-21H2,1-2H3,(H,36,38)(H,39,40). The van der Waals surface area contributed by atoms with E-state index < -0.39 is 5.97 Å². The van der Waals surface area contributed by atoms with Crippen molar-refractivity contribution in [3.63, 3.8) is 0 Å². The number of aromatic carboxylic acids is 1. The molecule has 0 radical (unpaired) electrons. The van der Waals surface area contributed by atoms with Crippen molar-refractivity contribution in [1.29, 1.82) is 0 Å². The molecule has 6 heteroatoms. The predicted molar refractivity (Wildman–Crippen MR) is 160 cm³/mol. The Hall–Kier alpha value is -4.58. The molecule has 0 fully saturated rings. The first-order chi connectivity index (χ1) is 19.9. The number of carbonyl (C=O) groups excluding carboxylic acids is 1. The molecule has 6 nitrogen and oxygen atoms in total. The molecule has 2 unspecified atom stereocenters. The van der Waals surface area contributed by atoms with Gasteiger partial charge in [0, 0.05) is 30.1 Å². The van der Waals surface area contributed by atoms with E-state index in [1.807, 2.05) is 42.5 Å². The van der Waals surface area contributed by atoms with Crippen LogP contribution in [-0.4, -0.2) is 34.7 Å². The lowest BCUT2D eigenvalue weighted by Crippen LogP contribution is -2.41. The number of hydrogen-bond acceptors (Lipinski definition) is 3. The highest BCUT2D eigenvalue weighted by atomic mass is 16.5. The molecule has 2 N–H and O–H groups in total. The minimum Gasteiger partial charge on any atom is -0.493 e. The number of para-hydroxylation sites is 1. The molecule has 2 aliphatic rings. The van der Waals surface area contributed by atoms with Gasteiger partial charge in [-0.25, -0.2) is 4.79 Å². The number of rotatable bonds is 7. The van der Waals surface area contributed by atoms with Crippen LogP contribution in [0.2, 0.25) is 0 Å². The number of hydrogen-bond donors (Lipinski definition) is 2. The van der Waals surface area contributed by atoms with Crippen LogP contribution in [0.25, 0.3) is 23.3 Å². The molecular weight excluding hydrogens is 512 g/mol. The summed E-state index contributed by atoms with van der Waals surface area (Å²) < 4.78 is 8.20. The molecule has 0 spiro atoms. The Labute approximate surface area is 239 Å². The number of carboxylic acid groups (broad SMARTS) is 1. The summed E-state index contributed by atoms with van der Waals surface area (Å²) in [5.74, 6) is 0.163. The summed E-state index contributed by atoms with van der Waals surface area (Å²) in [5, 5.41) is 15.0. The second-order valence-electron chi connectivity index (χ2n) is 11.1. The van der Waals surface area contributed by atoms with Crippen molar-refractivity contribution >= 4 is 24.0 Å². The number of carboxylic acids is 1. The summed E-state index contributed by atoms with van der Waals surface area (Å²) in [6, 6.07) is 23.3. The third-order valence-electron chi connectivity index (χ3n) is 8.47. The number of fused-ring (bicyclic) bond motifs is 2. The summed E-state index contributed by atoms with van der Waals surface area (Å²) in [5.41, 5.74) is 6.60. The van der Waals surface area contributed by atoms with Gasteiger partial charge in [0.05, 0.1) is 18.1 Å². The van der Waals surface area contributed by atoms with Crippen LogP contribution in [0.15, 0.2) is 72.8 Å². The van der Waals surface area contributed by atoms with Gasteiger partial charge in [0.15, 0.2) is 0 Å². The maximum absolute atomic E-state index is 13.2. The fourth-order valence-corrected chi connectivity index (χ4v) is 6.03. The van der Waals surface area contributed by atoms with E-state index in [0.29, 0.717) is 37.2 Å². The predicted octanol–water partition coefficient (Wildman–Crippen LogP) is 4.47. The van der Waals surface area contributed by atoms with E-state index in [-0.39, 0.29) is 17.7 Å². The first kappa shape index (κ1) is 26.6. The van der Waals surface area contributed by atoms with Crippen molar-refractivity contribution in [2.45, 2.75) is 33.2 Å². The summed E-state index contributed by atoms with van der Waals surface area (Å²) in [6.07, 6.45) is 5.89. The number of nitrogens with one attached hydrogen (secondary N) is 1. The van der Waals surface area contributed by atoms with E-state index in [4.69, 9.17) is 4.74 Å². The second-order valence-corrected chi connectivity index (χ2v) is 11.1. The van der Waals surface area contributed by atoms with Crippen molar-refractivity contribution in [3.8, 4) is 16.9 Å². The summed E-state index contributed by atoms with van der Waals surface area (Å²) in [4.78, 5) is 24.8. The molecule has 0 saturated carbocycles. The van der Waals surface area contributed by atoms with E-state index in [1.54, 1.807) is 12.1 Å². The number of nitrogens with zero attached hydrogens (tertiary/aromatic N) is 1. The van der Waals surface area contributed by atoms with E-state index in [2.05, 4.69) is 54.1 Å². The lowest BCUT2D eigenvalue weighted by Gasteiger charge is -2.26. The minimum absolute atomic E-state index is 0.0628. The normalized spacial score (nSPS) is 17.3. The highest BCUT2D eigenvalue weighted by Gasteiger charge is 2.24. The monoisotopic (exact) mass is 546 g/mol. The van der Waals surface area contributed by atoms with Crippen LogP contribution in [0.4, 0.5) is 0 Å². The molecule has 4 aromatic rings. The summed E-state index contributed by atoms with van der Waals surface area (Å²) in [6.45, 7) is 6.18. The van der Waals surface area contributed by atoms with Crippen LogP contribution in [-0.2, 0) is 17.8 Å². The maximum Gasteiger partial charge on any atom is 0.336 e. The van der Waals surface area contributed by atoms with E-state index >= 15 is 0 Å². The molecular formula is C35H34N2O4. The van der Waals surface area contributed by atoms with Gasteiger partial charge in [-0.15, -0.1) is 0 Å². The molecule has 0 saturated heterocycles. The molecule has 3 aromatic carbocycles. The number of carbonyl (C=O) groups is 2. The molecule has 1 aromatic heterocycles. The van der Waals surface area contributed by atoms with Gasteiger partial charge in [-0.05, 0) is 71.9 Å². The van der Waals surface area contributed by atoms with Crippen molar-refractivity contribution in [2.24, 2.45) is 11.8 Å². The van der Waals surface area contributed by atoms with Gasteiger partial charge < -0.3 is 19.7 Å². The minimum atomic E-state index is -0.928. The maximum atomic E-state index is 13.2. The molecule has 6 rings (SSSR count). The second kappa shape index (κ2) is 11.1. The first-order valence-electron chi connectivity index (χ1n) is 14.2. The number of benzene rings is 3. The number of aromatic nitrogens is 1. The van der Waals surface area contributed by atoms with Gasteiger partial charge in [-0.1, -0.05) is 72.8 Å². The molecule has 2 heterocycles. The zero-order chi connectivity index (χ0) is 28.5. The van der Waals surface area contributed by atoms with Crippen molar-refractivity contribution in [3.05, 3.63) is 111 Å². The smallest absolute Gasteiger partial charge is 0.336 e. The lowest BCUT2D eigenvalue weighted by atomic mass is 9.95. The average molecular weight is 547 g/mol. The molecule has 1 aliphatic heterocycles. The van der Waals surface area contributed by atoms with Crippen molar-refractivity contribution in [2.75, 3.05) is 13.2 Å². The fourth-order valence-electron chi connectivity index (χ4n) is 6.03. The quantitative estimate of drug-likeness (QED) is 0.359. The van der Waals surface area contributed by atoms with Crippen LogP contribution < -0.4 is 20.6 Å². The Morgan fingerprint density at radius 2 is 1.76 bits per heavy atom. The zero-order valence-electron chi connectivity index (χ0n) is 23.4. The molecule has 0 bridgehead atoms. The summed E-state index contributed by atoms with van der Waals surface area (Å²) >= 11 is 0. The highest BCUT2D eigenvalue weighted by molar-refractivity contribution is 5.96. The Bertz CT molecular complexity index is 1750. The van der Waals surface area contributed by atoms with Crippen LogP contribution in [0.5, 0.6) is 5.75 Å². The molecule has 1 amide bonds. The van der Waals surface area contributed by atoms with Crippen molar-refractivity contribution in [1.82, 2.24) is 9.88 Å². The largest absolute Gasteiger partial charge is 0.493 e. The fraction of sp³-hybridized carbons (Fsp3) is 0.257. The van der Waals surface area contributed by atoms with Crippen LogP contribution in [0, 0.1) is 25.7 Å². The highest BCUT2D eigenvalue weighted by Crippen LogP contribution is 2.27. The average Bonchev–Trinajstić information content (AvgIpc) is 3.24. The Kier molecular flexibility index (Phi) is 7.23. The Morgan fingerprint density at radius 1 is 1.00 bits per heavy atom. The van der Waals surface area contributed by atoms with Gasteiger partial charge in [0.2, 0.25) is 5.91 Å². The van der Waals surface area contributed by atoms with E-state index in [0.717, 1.165) is 33.9 Å². The molecule has 2 atom stereocenters. The van der Waals surface area contributed by atoms with Crippen LogP contribution in [0.3, 0.4) is 0 Å². The third-order valence-corrected chi connectivity index (χ3v) is 8.47. The number of ether oxygens (including phenoxy) is 1. The third kappa shape index (κ3) is 5.30. The molecule has 208 valence electrons. The van der Waals surface area contributed by atoms with Gasteiger partial charge >= 0.3 is 5.97 Å². The van der Waals surface area contributed by atoms with E-state index in [9.17, 15) is 14.7 Å². The van der Waals surface area contributed by atoms with Crippen LogP contribution >= 0.6 is 0 Å². The zero-order valence-corrected chi connectivity index (χ0v) is 23.4. The van der Waals surface area contributed by atoms with Gasteiger partial charge in [0.1, 0.15) is 5.75 Å². The van der Waals surface area contributed by atoms with Crippen molar-refractivity contribution < 1.29 is 19.4 Å². The first-order valence-corrected chi connectivity index (χ1v) is 14.2. The SMILES string of the molecule is Cc1c(C)n(Cc2ccc(-c3ccccc3C(=O)O)cc2)c2c1=CC(C(=O)NCC1COc3ccccc3C1)CC=2. The lowest BCUT2D eigenvalue weighted by molar-refractivity contribution is -0.123. The Morgan fingerprint density at radius 3 is 2.56 bits per heavy atom. The topological polar surface area (TPSA) is 80.6 Å².